The molecule has 15 nitrogen and oxygen atoms in total. The number of aliphatic hydroxyl groups excluding tert-OH is 1. The maximum absolute atomic E-state index is 13.3. The Kier molecular flexibility index (Phi) is 11.4. The number of nitrogens with two attached hydrogens (primary N) is 2. The van der Waals surface area contributed by atoms with Gasteiger partial charge in [0.05, 0.1) is 25.7 Å². The highest BCUT2D eigenvalue weighted by Crippen LogP contribution is 2.25. The van der Waals surface area contributed by atoms with E-state index in [-0.39, 0.29) is 60.4 Å². The molecule has 1 saturated heterocycles. The van der Waals surface area contributed by atoms with Gasteiger partial charge in [-0.1, -0.05) is 11.6 Å². The SMILES string of the molecule is CCn1c(CNC(=O)c2nc(Cl)c(N)nc2N)[n+](CC2CCOCC2)c2ccc(OCC(=O)N(Cc3nc(C)ccc3O)CC(C)O)cc21. The first-order valence-electron chi connectivity index (χ1n) is 16.2. The van der Waals surface area contributed by atoms with Crippen LogP contribution >= 0.6 is 11.6 Å². The van der Waals surface area contributed by atoms with Gasteiger partial charge in [-0.3, -0.25) is 14.6 Å². The molecule has 1 atom stereocenters. The minimum atomic E-state index is -0.800. The third kappa shape index (κ3) is 8.47. The van der Waals surface area contributed by atoms with Crippen LogP contribution in [0.25, 0.3) is 11.0 Å². The molecule has 0 bridgehead atoms. The number of anilines is 2. The van der Waals surface area contributed by atoms with E-state index in [1.54, 1.807) is 26.0 Å². The lowest BCUT2D eigenvalue weighted by Gasteiger charge is -2.24. The van der Waals surface area contributed by atoms with Gasteiger partial charge in [-0.15, -0.1) is 0 Å². The Morgan fingerprint density at radius 1 is 1.18 bits per heavy atom. The molecule has 4 aromatic rings. The van der Waals surface area contributed by atoms with Gasteiger partial charge in [0, 0.05) is 37.4 Å². The van der Waals surface area contributed by atoms with Crippen LogP contribution in [0.4, 0.5) is 11.6 Å². The van der Waals surface area contributed by atoms with Crippen molar-refractivity contribution in [2.45, 2.75) is 65.9 Å². The van der Waals surface area contributed by atoms with E-state index in [1.807, 2.05) is 19.1 Å². The van der Waals surface area contributed by atoms with Crippen molar-refractivity contribution in [1.82, 2.24) is 29.7 Å². The van der Waals surface area contributed by atoms with Crippen molar-refractivity contribution in [3.05, 3.63) is 58.4 Å². The predicted octanol–water partition coefficient (Wildman–Crippen LogP) is 2.11. The minimum Gasteiger partial charge on any atom is -0.506 e. The van der Waals surface area contributed by atoms with Crippen LogP contribution in [0.15, 0.2) is 30.3 Å². The Labute approximate surface area is 288 Å². The number of nitrogens with zero attached hydrogens (tertiary/aromatic N) is 6. The number of ether oxygens (including phenoxy) is 2. The number of aryl methyl sites for hydroxylation is 2. The number of nitrogens with one attached hydrogen (secondary N) is 1. The van der Waals surface area contributed by atoms with E-state index in [2.05, 4.69) is 29.4 Å². The quantitative estimate of drug-likeness (QED) is 0.128. The largest absolute Gasteiger partial charge is 0.506 e. The van der Waals surface area contributed by atoms with Gasteiger partial charge >= 0.3 is 0 Å². The van der Waals surface area contributed by atoms with Crippen molar-refractivity contribution in [3.63, 3.8) is 0 Å². The standard InChI is InChI=1S/C33H42ClN9O6/c1-4-42-25-13-22(49-18-28(46)41(15-20(3)44)17-23-26(45)8-5-19(2)38-23)6-7-24(25)43(16-21-9-11-48-12-10-21)27(42)14-37-33(47)29-31(35)40-32(36)30(34)39-29/h5-8,13,20-21,44H,4,9-12,14-18H2,1-3H3,(H5-,35,36,37,40,45,47)/p+1. The fourth-order valence-corrected chi connectivity index (χ4v) is 6.08. The molecule has 1 unspecified atom stereocenters. The third-order valence-electron chi connectivity index (χ3n) is 8.41. The molecule has 1 aliphatic heterocycles. The van der Waals surface area contributed by atoms with Gasteiger partial charge in [0.25, 0.3) is 17.6 Å². The third-order valence-corrected chi connectivity index (χ3v) is 8.68. The van der Waals surface area contributed by atoms with E-state index in [0.717, 1.165) is 29.7 Å². The number of carbonyl (C=O) groups excluding carboxylic acids is 2. The van der Waals surface area contributed by atoms with E-state index in [9.17, 15) is 19.8 Å². The number of rotatable bonds is 13. The summed E-state index contributed by atoms with van der Waals surface area (Å²) in [6, 6.07) is 8.82. The number of fused-ring (bicyclic) bond motifs is 1. The number of amides is 2. The summed E-state index contributed by atoms with van der Waals surface area (Å²) in [5, 5.41) is 23.2. The zero-order valence-corrected chi connectivity index (χ0v) is 28.6. The van der Waals surface area contributed by atoms with Crippen LogP contribution in [0.1, 0.15) is 54.4 Å². The first-order chi connectivity index (χ1) is 23.4. The number of halogens is 1. The molecule has 1 aliphatic rings. The summed E-state index contributed by atoms with van der Waals surface area (Å²) < 4.78 is 15.9. The van der Waals surface area contributed by atoms with E-state index in [4.69, 9.17) is 32.5 Å². The highest BCUT2D eigenvalue weighted by molar-refractivity contribution is 6.31. The summed E-state index contributed by atoms with van der Waals surface area (Å²) >= 11 is 6.02. The van der Waals surface area contributed by atoms with Gasteiger partial charge in [0.15, 0.2) is 40.1 Å². The van der Waals surface area contributed by atoms with Crippen LogP contribution in [0.3, 0.4) is 0 Å². The van der Waals surface area contributed by atoms with Crippen LogP contribution in [-0.4, -0.2) is 78.9 Å². The number of hydrogen-bond acceptors (Lipinski definition) is 11. The lowest BCUT2D eigenvalue weighted by atomic mass is 10.0. The van der Waals surface area contributed by atoms with E-state index in [1.165, 1.54) is 11.0 Å². The van der Waals surface area contributed by atoms with Crippen molar-refractivity contribution >= 4 is 46.1 Å². The number of pyridine rings is 1. The average molecular weight is 697 g/mol. The van der Waals surface area contributed by atoms with Crippen LogP contribution < -0.4 is 26.1 Å². The van der Waals surface area contributed by atoms with Crippen molar-refractivity contribution in [2.75, 3.05) is 37.8 Å². The molecule has 4 heterocycles. The van der Waals surface area contributed by atoms with Gasteiger partial charge in [-0.25, -0.2) is 19.1 Å². The zero-order chi connectivity index (χ0) is 35.2. The normalized spacial score (nSPS) is 14.1. The van der Waals surface area contributed by atoms with Crippen molar-refractivity contribution in [3.8, 4) is 11.5 Å². The molecular weight excluding hydrogens is 654 g/mol. The van der Waals surface area contributed by atoms with Crippen LogP contribution in [0.5, 0.6) is 11.5 Å². The topological polar surface area (TPSA) is 208 Å². The Morgan fingerprint density at radius 3 is 2.65 bits per heavy atom. The average Bonchev–Trinajstić information content (AvgIpc) is 3.36. The summed E-state index contributed by atoms with van der Waals surface area (Å²) in [5.74, 6) is 0.540. The second kappa shape index (κ2) is 15.7. The molecule has 49 heavy (non-hydrogen) atoms. The molecule has 3 aromatic heterocycles. The molecule has 0 aliphatic carbocycles. The number of nitrogen functional groups attached to an aromatic ring is 2. The Morgan fingerprint density at radius 2 is 1.94 bits per heavy atom. The van der Waals surface area contributed by atoms with Gasteiger partial charge < -0.3 is 41.4 Å². The van der Waals surface area contributed by atoms with Crippen molar-refractivity contribution in [2.24, 2.45) is 5.92 Å². The highest BCUT2D eigenvalue weighted by atomic mass is 35.5. The molecule has 0 radical (unpaired) electrons. The first kappa shape index (κ1) is 35.6. The van der Waals surface area contributed by atoms with Crippen LogP contribution in [0.2, 0.25) is 5.15 Å². The maximum atomic E-state index is 13.3. The fraction of sp³-hybridized carbons (Fsp3) is 0.455. The minimum absolute atomic E-state index is 0.0133. The molecule has 0 saturated carbocycles. The molecule has 1 aromatic carbocycles. The second-order valence-electron chi connectivity index (χ2n) is 12.1. The smallest absolute Gasteiger partial charge is 0.277 e. The van der Waals surface area contributed by atoms with E-state index in [0.29, 0.717) is 49.4 Å². The molecule has 2 amide bonds. The number of imidazole rings is 1. The second-order valence-corrected chi connectivity index (χ2v) is 12.5. The number of benzene rings is 1. The first-order valence-corrected chi connectivity index (χ1v) is 16.6. The number of aliphatic hydroxyl groups is 1. The molecular formula is C33H43ClN9O6+. The summed E-state index contributed by atoms with van der Waals surface area (Å²) in [6.07, 6.45) is 1.02. The Balaban J connectivity index is 1.40. The van der Waals surface area contributed by atoms with Crippen molar-refractivity contribution in [1.29, 1.82) is 0 Å². The van der Waals surface area contributed by atoms with Crippen molar-refractivity contribution < 1.29 is 33.8 Å². The zero-order valence-electron chi connectivity index (χ0n) is 27.9. The van der Waals surface area contributed by atoms with Gasteiger partial charge in [0.1, 0.15) is 23.7 Å². The molecule has 7 N–H and O–H groups in total. The molecule has 262 valence electrons. The maximum Gasteiger partial charge on any atom is 0.277 e. The number of aromatic nitrogens is 5. The molecule has 5 rings (SSSR count). The summed E-state index contributed by atoms with van der Waals surface area (Å²) in [6.45, 7) is 7.96. The van der Waals surface area contributed by atoms with Gasteiger partial charge in [-0.05, 0) is 57.9 Å². The predicted molar refractivity (Wildman–Crippen MR) is 182 cm³/mol. The van der Waals surface area contributed by atoms with Crippen LogP contribution in [0, 0.1) is 12.8 Å². The summed E-state index contributed by atoms with van der Waals surface area (Å²) in [5.41, 5.74) is 14.3. The lowest BCUT2D eigenvalue weighted by molar-refractivity contribution is -0.687. The summed E-state index contributed by atoms with van der Waals surface area (Å²) in [4.78, 5) is 40.2. The number of aromatic hydroxyl groups is 1. The van der Waals surface area contributed by atoms with Gasteiger partial charge in [0.2, 0.25) is 0 Å². The number of carbonyl (C=O) groups is 2. The molecule has 16 heteroatoms. The Bertz CT molecular complexity index is 1830. The van der Waals surface area contributed by atoms with E-state index >= 15 is 0 Å². The lowest BCUT2D eigenvalue weighted by Crippen LogP contribution is -2.44. The summed E-state index contributed by atoms with van der Waals surface area (Å²) in [7, 11) is 0. The Hall–Kier alpha value is -4.73. The number of hydrogen-bond donors (Lipinski definition) is 5. The van der Waals surface area contributed by atoms with Gasteiger partial charge in [-0.2, -0.15) is 0 Å². The monoisotopic (exact) mass is 696 g/mol. The van der Waals surface area contributed by atoms with E-state index < -0.39 is 12.0 Å². The fourth-order valence-electron chi connectivity index (χ4n) is 5.96. The van der Waals surface area contributed by atoms with Crippen LogP contribution in [-0.2, 0) is 35.7 Å². The highest BCUT2D eigenvalue weighted by Gasteiger charge is 2.29. The molecule has 1 fully saturated rings. The molecule has 0 spiro atoms.